The average Bonchev–Trinajstić information content (AvgIpc) is 2.65. The van der Waals surface area contributed by atoms with E-state index < -0.39 is 20.0 Å². The van der Waals surface area contributed by atoms with E-state index in [1.807, 2.05) is 12.1 Å². The van der Waals surface area contributed by atoms with E-state index in [9.17, 15) is 16.8 Å². The first-order valence-corrected chi connectivity index (χ1v) is 14.8. The van der Waals surface area contributed by atoms with Gasteiger partial charge in [0.25, 0.3) is 0 Å². The fourth-order valence-corrected chi connectivity index (χ4v) is 10.6. The van der Waals surface area contributed by atoms with Gasteiger partial charge in [-0.15, -0.1) is 7.42 Å². The van der Waals surface area contributed by atoms with E-state index in [0.29, 0.717) is 11.1 Å². The van der Waals surface area contributed by atoms with Crippen LogP contribution < -0.4 is 0 Å². The summed E-state index contributed by atoms with van der Waals surface area (Å²) in [6.45, 7) is 7.09. The molecule has 0 aliphatic carbocycles. The lowest BCUT2D eigenvalue weighted by atomic mass is 10.2. The number of hydrogen-bond donors (Lipinski definition) is 0. The number of nitrogens with zero attached hydrogens (tertiary/aromatic N) is 2. The van der Waals surface area contributed by atoms with Gasteiger partial charge in [0.05, 0.1) is 11.5 Å². The van der Waals surface area contributed by atoms with Gasteiger partial charge in [-0.2, -0.15) is 0 Å². The quantitative estimate of drug-likeness (QED) is 0.338. The smallest absolute Gasteiger partial charge is 0.211 e. The highest BCUT2D eigenvalue weighted by Crippen LogP contribution is 2.38. The maximum atomic E-state index is 13.0. The second-order valence-electron chi connectivity index (χ2n) is 7.33. The molecule has 0 aromatic heterocycles. The standard InChI is InChI=1S/C20H28N2O4S4/c1-17(2)21(29(23,24)15-19-11-7-5-8-12-19)27-28-22(18(3)4)30(25,26)16-20-13-9-6-10-14-20/h5-14,17-18H,15-16H2,1-4H3. The van der Waals surface area contributed by atoms with Gasteiger partial charge in [0.2, 0.25) is 20.0 Å². The second kappa shape index (κ2) is 11.0. The Kier molecular flexibility index (Phi) is 9.26. The van der Waals surface area contributed by atoms with Crippen molar-refractivity contribution >= 4 is 42.0 Å². The van der Waals surface area contributed by atoms with E-state index in [-0.39, 0.29) is 23.6 Å². The van der Waals surface area contributed by atoms with Crippen molar-refractivity contribution in [2.45, 2.75) is 51.3 Å². The summed E-state index contributed by atoms with van der Waals surface area (Å²) in [6, 6.07) is 17.2. The van der Waals surface area contributed by atoms with Crippen LogP contribution in [0.3, 0.4) is 0 Å². The fraction of sp³-hybridized carbons (Fsp3) is 0.400. The van der Waals surface area contributed by atoms with Crippen LogP contribution in [0.15, 0.2) is 60.7 Å². The highest BCUT2D eigenvalue weighted by Gasteiger charge is 2.32. The van der Waals surface area contributed by atoms with Gasteiger partial charge in [-0.25, -0.2) is 16.8 Å². The summed E-state index contributed by atoms with van der Waals surface area (Å²) in [4.78, 5) is 0. The van der Waals surface area contributed by atoms with Gasteiger partial charge in [0, 0.05) is 34.0 Å². The first kappa shape index (κ1) is 25.2. The molecule has 0 aliphatic rings. The highest BCUT2D eigenvalue weighted by atomic mass is 33.1. The third-order valence-electron chi connectivity index (χ3n) is 3.96. The molecule has 166 valence electrons. The van der Waals surface area contributed by atoms with Crippen LogP contribution in [0.1, 0.15) is 38.8 Å². The molecule has 0 atom stereocenters. The topological polar surface area (TPSA) is 74.8 Å². The van der Waals surface area contributed by atoms with Crippen molar-refractivity contribution < 1.29 is 16.8 Å². The molecular weight excluding hydrogens is 460 g/mol. The predicted molar refractivity (Wildman–Crippen MR) is 127 cm³/mol. The maximum Gasteiger partial charge on any atom is 0.228 e. The molecule has 0 unspecified atom stereocenters. The Morgan fingerprint density at radius 3 is 1.20 bits per heavy atom. The molecular formula is C20H28N2O4S4. The zero-order valence-corrected chi connectivity index (χ0v) is 20.8. The van der Waals surface area contributed by atoms with E-state index in [2.05, 4.69) is 0 Å². The highest BCUT2D eigenvalue weighted by molar-refractivity contribution is 8.76. The number of sulfonamides is 2. The summed E-state index contributed by atoms with van der Waals surface area (Å²) >= 11 is 0. The minimum atomic E-state index is -3.65. The molecule has 0 saturated carbocycles. The molecule has 2 aromatic carbocycles. The normalized spacial score (nSPS) is 12.9. The third-order valence-corrected chi connectivity index (χ3v) is 12.0. The largest absolute Gasteiger partial charge is 0.228 e. The Labute approximate surface area is 188 Å². The van der Waals surface area contributed by atoms with Crippen LogP contribution >= 0.6 is 22.0 Å². The average molecular weight is 489 g/mol. The number of rotatable bonds is 11. The molecule has 0 amide bonds. The first-order chi connectivity index (χ1) is 14.0. The second-order valence-corrected chi connectivity index (χ2v) is 13.5. The minimum Gasteiger partial charge on any atom is -0.211 e. The van der Waals surface area contributed by atoms with Crippen molar-refractivity contribution in [2.75, 3.05) is 0 Å². The van der Waals surface area contributed by atoms with Crippen LogP contribution in [0.4, 0.5) is 0 Å². The van der Waals surface area contributed by atoms with Crippen molar-refractivity contribution in [1.29, 1.82) is 0 Å². The molecule has 10 heteroatoms. The van der Waals surface area contributed by atoms with E-state index >= 15 is 0 Å². The maximum absolute atomic E-state index is 13.0. The Balaban J connectivity index is 2.17. The van der Waals surface area contributed by atoms with E-state index in [4.69, 9.17) is 0 Å². The third kappa shape index (κ3) is 7.28. The molecule has 6 nitrogen and oxygen atoms in total. The molecule has 30 heavy (non-hydrogen) atoms. The molecule has 2 aromatic rings. The van der Waals surface area contributed by atoms with Crippen LogP contribution in [0.2, 0.25) is 0 Å². The predicted octanol–water partition coefficient (Wildman–Crippen LogP) is 4.68. The summed E-state index contributed by atoms with van der Waals surface area (Å²) in [6.07, 6.45) is 0. The molecule has 0 radical (unpaired) electrons. The molecule has 2 rings (SSSR count). The van der Waals surface area contributed by atoms with Gasteiger partial charge in [-0.3, -0.25) is 0 Å². The van der Waals surface area contributed by atoms with Crippen LogP contribution in [0, 0.1) is 0 Å². The molecule has 0 spiro atoms. The fourth-order valence-electron chi connectivity index (χ4n) is 2.67. The van der Waals surface area contributed by atoms with E-state index in [1.165, 1.54) is 7.42 Å². The van der Waals surface area contributed by atoms with Gasteiger partial charge in [0.1, 0.15) is 0 Å². The Morgan fingerprint density at radius 2 is 0.933 bits per heavy atom. The summed E-state index contributed by atoms with van der Waals surface area (Å²) in [5.41, 5.74) is 1.37. The molecule has 0 heterocycles. The Bertz CT molecular complexity index is 912. The zero-order chi connectivity index (χ0) is 22.4. The van der Waals surface area contributed by atoms with Crippen LogP contribution in [0.25, 0.3) is 0 Å². The Morgan fingerprint density at radius 1 is 0.633 bits per heavy atom. The van der Waals surface area contributed by atoms with Crippen LogP contribution in [-0.4, -0.2) is 36.3 Å². The van der Waals surface area contributed by atoms with E-state index in [0.717, 1.165) is 22.0 Å². The van der Waals surface area contributed by atoms with Gasteiger partial charge < -0.3 is 0 Å². The van der Waals surface area contributed by atoms with Crippen molar-refractivity contribution in [3.05, 3.63) is 71.8 Å². The zero-order valence-electron chi connectivity index (χ0n) is 17.5. The monoisotopic (exact) mass is 488 g/mol. The SMILES string of the molecule is CC(C)N(SSN(C(C)C)S(=O)(=O)Cc1ccccc1)S(=O)(=O)Cc1ccccc1. The minimum absolute atomic E-state index is 0.141. The number of hydrogen-bond acceptors (Lipinski definition) is 6. The summed E-state index contributed by atoms with van der Waals surface area (Å²) in [5.74, 6) is -0.282. The Hall–Kier alpha value is -1.04. The van der Waals surface area contributed by atoms with Gasteiger partial charge in [0.15, 0.2) is 0 Å². The van der Waals surface area contributed by atoms with Crippen molar-refractivity contribution in [1.82, 2.24) is 7.42 Å². The van der Waals surface area contributed by atoms with E-state index in [1.54, 1.807) is 76.2 Å². The van der Waals surface area contributed by atoms with Gasteiger partial charge in [-0.05, 0) is 38.8 Å². The molecule has 0 N–H and O–H groups in total. The summed E-state index contributed by atoms with van der Waals surface area (Å²) in [7, 11) is -5.42. The van der Waals surface area contributed by atoms with Gasteiger partial charge in [-0.1, -0.05) is 60.7 Å². The molecule has 0 bridgehead atoms. The molecule has 0 aliphatic heterocycles. The van der Waals surface area contributed by atoms with Crippen molar-refractivity contribution in [2.24, 2.45) is 0 Å². The summed E-state index contributed by atoms with van der Waals surface area (Å²) in [5, 5.41) is 0. The van der Waals surface area contributed by atoms with Crippen LogP contribution in [0.5, 0.6) is 0 Å². The van der Waals surface area contributed by atoms with Gasteiger partial charge >= 0.3 is 0 Å². The first-order valence-electron chi connectivity index (χ1n) is 9.50. The molecule has 0 saturated heterocycles. The van der Waals surface area contributed by atoms with Crippen molar-refractivity contribution in [3.8, 4) is 0 Å². The number of benzene rings is 2. The lowest BCUT2D eigenvalue weighted by Gasteiger charge is -2.28. The lowest BCUT2D eigenvalue weighted by Crippen LogP contribution is -2.35. The van der Waals surface area contributed by atoms with Crippen molar-refractivity contribution in [3.63, 3.8) is 0 Å². The lowest BCUT2D eigenvalue weighted by molar-refractivity contribution is 0.496. The molecule has 0 fully saturated rings. The summed E-state index contributed by atoms with van der Waals surface area (Å²) < 4.78 is 54.5. The van der Waals surface area contributed by atoms with Crippen LogP contribution in [-0.2, 0) is 31.6 Å².